The number of hydrogen-bond donors (Lipinski definition) is 2. The summed E-state index contributed by atoms with van der Waals surface area (Å²) in [5.74, 6) is 1.44. The van der Waals surface area contributed by atoms with Gasteiger partial charge in [0.15, 0.2) is 0 Å². The summed E-state index contributed by atoms with van der Waals surface area (Å²) in [7, 11) is 0. The van der Waals surface area contributed by atoms with Crippen LogP contribution in [-0.2, 0) is 6.54 Å². The Morgan fingerprint density at radius 1 is 1.50 bits per heavy atom. The van der Waals surface area contributed by atoms with Gasteiger partial charge in [-0.3, -0.25) is 0 Å². The number of aromatic nitrogens is 1. The van der Waals surface area contributed by atoms with E-state index in [4.69, 9.17) is 0 Å². The Morgan fingerprint density at radius 2 is 2.39 bits per heavy atom. The fraction of sp³-hybridized carbons (Fsp3) is 0.643. The Kier molecular flexibility index (Phi) is 4.96. The molecule has 0 radical (unpaired) electrons. The SMILES string of the molecule is CCNCc1ccc(N2CCCC(CO)C2)nc1. The number of nitrogens with one attached hydrogen (secondary N) is 1. The van der Waals surface area contributed by atoms with Gasteiger partial charge < -0.3 is 15.3 Å². The van der Waals surface area contributed by atoms with E-state index >= 15 is 0 Å². The molecule has 0 spiro atoms. The number of aliphatic hydroxyl groups is 1. The van der Waals surface area contributed by atoms with Gasteiger partial charge in [0.2, 0.25) is 0 Å². The number of nitrogens with zero attached hydrogens (tertiary/aromatic N) is 2. The Balaban J connectivity index is 1.96. The van der Waals surface area contributed by atoms with Crippen LogP contribution < -0.4 is 10.2 Å². The third-order valence-electron chi connectivity index (χ3n) is 3.49. The smallest absolute Gasteiger partial charge is 0.128 e. The minimum atomic E-state index is 0.287. The third kappa shape index (κ3) is 3.43. The van der Waals surface area contributed by atoms with Gasteiger partial charge in [-0.15, -0.1) is 0 Å². The van der Waals surface area contributed by atoms with Crippen LogP contribution in [0.1, 0.15) is 25.3 Å². The molecule has 2 heterocycles. The molecular weight excluding hydrogens is 226 g/mol. The zero-order valence-electron chi connectivity index (χ0n) is 11.1. The highest BCUT2D eigenvalue weighted by atomic mass is 16.3. The minimum absolute atomic E-state index is 0.287. The number of pyridine rings is 1. The lowest BCUT2D eigenvalue weighted by Crippen LogP contribution is -2.37. The van der Waals surface area contributed by atoms with Crippen LogP contribution in [0.5, 0.6) is 0 Å². The van der Waals surface area contributed by atoms with E-state index in [-0.39, 0.29) is 6.61 Å². The van der Waals surface area contributed by atoms with Crippen molar-refractivity contribution in [3.8, 4) is 0 Å². The molecule has 100 valence electrons. The monoisotopic (exact) mass is 249 g/mol. The van der Waals surface area contributed by atoms with Gasteiger partial charge in [-0.1, -0.05) is 13.0 Å². The van der Waals surface area contributed by atoms with Gasteiger partial charge in [-0.05, 0) is 36.9 Å². The van der Waals surface area contributed by atoms with Gasteiger partial charge in [0.25, 0.3) is 0 Å². The summed E-state index contributed by atoms with van der Waals surface area (Å²) >= 11 is 0. The van der Waals surface area contributed by atoms with E-state index < -0.39 is 0 Å². The average Bonchev–Trinajstić information content (AvgIpc) is 2.46. The van der Waals surface area contributed by atoms with Crippen molar-refractivity contribution in [3.05, 3.63) is 23.9 Å². The quantitative estimate of drug-likeness (QED) is 0.828. The molecule has 1 atom stereocenters. The second-order valence-corrected chi connectivity index (χ2v) is 4.94. The molecule has 0 aromatic carbocycles. The lowest BCUT2D eigenvalue weighted by atomic mass is 9.99. The van der Waals surface area contributed by atoms with Gasteiger partial charge in [0.05, 0.1) is 0 Å². The van der Waals surface area contributed by atoms with Crippen molar-refractivity contribution in [3.63, 3.8) is 0 Å². The fourth-order valence-corrected chi connectivity index (χ4v) is 2.40. The molecular formula is C14H23N3O. The summed E-state index contributed by atoms with van der Waals surface area (Å²) in [5, 5.41) is 12.5. The number of aliphatic hydroxyl groups excluding tert-OH is 1. The second-order valence-electron chi connectivity index (χ2n) is 4.94. The third-order valence-corrected chi connectivity index (χ3v) is 3.49. The van der Waals surface area contributed by atoms with Crippen molar-refractivity contribution >= 4 is 5.82 Å². The number of hydrogen-bond acceptors (Lipinski definition) is 4. The highest BCUT2D eigenvalue weighted by molar-refractivity contribution is 5.39. The van der Waals surface area contributed by atoms with Crippen LogP contribution in [-0.4, -0.2) is 36.3 Å². The molecule has 2 rings (SSSR count). The first kappa shape index (κ1) is 13.3. The Labute approximate surface area is 109 Å². The van der Waals surface area contributed by atoms with Gasteiger partial charge in [0, 0.05) is 32.4 Å². The second kappa shape index (κ2) is 6.71. The molecule has 1 aliphatic rings. The number of piperidine rings is 1. The summed E-state index contributed by atoms with van der Waals surface area (Å²) in [4.78, 5) is 6.81. The summed E-state index contributed by atoms with van der Waals surface area (Å²) in [6, 6.07) is 4.22. The predicted molar refractivity (Wildman–Crippen MR) is 73.6 cm³/mol. The van der Waals surface area contributed by atoms with E-state index in [1.807, 2.05) is 6.20 Å². The van der Waals surface area contributed by atoms with Crippen LogP contribution >= 0.6 is 0 Å². The van der Waals surface area contributed by atoms with E-state index in [1.54, 1.807) is 0 Å². The van der Waals surface area contributed by atoms with Crippen molar-refractivity contribution in [1.29, 1.82) is 0 Å². The van der Waals surface area contributed by atoms with Crippen LogP contribution in [0, 0.1) is 5.92 Å². The summed E-state index contributed by atoms with van der Waals surface area (Å²) in [5.41, 5.74) is 1.22. The van der Waals surface area contributed by atoms with Crippen molar-refractivity contribution in [1.82, 2.24) is 10.3 Å². The van der Waals surface area contributed by atoms with E-state index in [0.717, 1.165) is 44.8 Å². The lowest BCUT2D eigenvalue weighted by molar-refractivity contribution is 0.208. The first-order valence-electron chi connectivity index (χ1n) is 6.85. The molecule has 1 aromatic rings. The molecule has 1 fully saturated rings. The highest BCUT2D eigenvalue weighted by Crippen LogP contribution is 2.21. The summed E-state index contributed by atoms with van der Waals surface area (Å²) < 4.78 is 0. The van der Waals surface area contributed by atoms with Gasteiger partial charge in [-0.25, -0.2) is 4.98 Å². The van der Waals surface area contributed by atoms with E-state index in [9.17, 15) is 5.11 Å². The van der Waals surface area contributed by atoms with E-state index in [0.29, 0.717) is 5.92 Å². The first-order valence-corrected chi connectivity index (χ1v) is 6.85. The molecule has 4 nitrogen and oxygen atoms in total. The Morgan fingerprint density at radius 3 is 3.06 bits per heavy atom. The largest absolute Gasteiger partial charge is 0.396 e. The average molecular weight is 249 g/mol. The maximum atomic E-state index is 9.24. The van der Waals surface area contributed by atoms with Crippen LogP contribution in [0.4, 0.5) is 5.82 Å². The van der Waals surface area contributed by atoms with Gasteiger partial charge in [0.1, 0.15) is 5.82 Å². The summed E-state index contributed by atoms with van der Waals surface area (Å²) in [6.45, 7) is 6.22. The van der Waals surface area contributed by atoms with Crippen molar-refractivity contribution in [2.45, 2.75) is 26.3 Å². The first-order chi connectivity index (χ1) is 8.83. The van der Waals surface area contributed by atoms with E-state index in [1.165, 1.54) is 5.56 Å². The highest BCUT2D eigenvalue weighted by Gasteiger charge is 2.19. The molecule has 1 aromatic heterocycles. The van der Waals surface area contributed by atoms with Crippen molar-refractivity contribution in [2.24, 2.45) is 5.92 Å². The molecule has 18 heavy (non-hydrogen) atoms. The molecule has 0 bridgehead atoms. The van der Waals surface area contributed by atoms with Crippen LogP contribution in [0.25, 0.3) is 0 Å². The minimum Gasteiger partial charge on any atom is -0.396 e. The molecule has 0 saturated carbocycles. The number of rotatable bonds is 5. The zero-order valence-corrected chi connectivity index (χ0v) is 11.1. The molecule has 1 unspecified atom stereocenters. The van der Waals surface area contributed by atoms with E-state index in [2.05, 4.69) is 34.3 Å². The van der Waals surface area contributed by atoms with Crippen LogP contribution in [0.3, 0.4) is 0 Å². The number of anilines is 1. The molecule has 1 aliphatic heterocycles. The van der Waals surface area contributed by atoms with Crippen molar-refractivity contribution in [2.75, 3.05) is 31.1 Å². The summed E-state index contributed by atoms with van der Waals surface area (Å²) in [6.07, 6.45) is 4.22. The Bertz CT molecular complexity index is 353. The van der Waals surface area contributed by atoms with Gasteiger partial charge >= 0.3 is 0 Å². The van der Waals surface area contributed by atoms with Crippen molar-refractivity contribution < 1.29 is 5.11 Å². The standard InChI is InChI=1S/C14H23N3O/c1-2-15-8-12-5-6-14(16-9-12)17-7-3-4-13(10-17)11-18/h5-6,9,13,15,18H,2-4,7-8,10-11H2,1H3. The lowest BCUT2D eigenvalue weighted by Gasteiger charge is -2.32. The normalized spacial score (nSPS) is 20.1. The van der Waals surface area contributed by atoms with Crippen LogP contribution in [0.2, 0.25) is 0 Å². The maximum Gasteiger partial charge on any atom is 0.128 e. The van der Waals surface area contributed by atoms with Gasteiger partial charge in [-0.2, -0.15) is 0 Å². The molecule has 4 heteroatoms. The topological polar surface area (TPSA) is 48.4 Å². The molecule has 0 amide bonds. The fourth-order valence-electron chi connectivity index (χ4n) is 2.40. The Hall–Kier alpha value is -1.13. The maximum absolute atomic E-state index is 9.24. The molecule has 2 N–H and O–H groups in total. The zero-order chi connectivity index (χ0) is 12.8. The molecule has 1 saturated heterocycles. The predicted octanol–water partition coefficient (Wildman–Crippen LogP) is 1.40. The molecule has 0 aliphatic carbocycles. The van der Waals surface area contributed by atoms with Crippen LogP contribution in [0.15, 0.2) is 18.3 Å².